The predicted octanol–water partition coefficient (Wildman–Crippen LogP) is 6.02. The van der Waals surface area contributed by atoms with Gasteiger partial charge in [0, 0.05) is 16.9 Å². The monoisotopic (exact) mass is 442 g/mol. The van der Waals surface area contributed by atoms with E-state index in [1.165, 1.54) is 0 Å². The zero-order chi connectivity index (χ0) is 21.9. The third kappa shape index (κ3) is 2.83. The van der Waals surface area contributed by atoms with Crippen molar-refractivity contribution in [3.05, 3.63) is 62.1 Å². The van der Waals surface area contributed by atoms with E-state index in [-0.39, 0.29) is 48.5 Å². The van der Waals surface area contributed by atoms with Crippen LogP contribution in [0, 0.1) is 0 Å². The second-order valence-electron chi connectivity index (χ2n) is 5.13. The Morgan fingerprint density at radius 2 is 1.83 bits per heavy atom. The molecule has 0 fully saturated rings. The second kappa shape index (κ2) is 6.13. The van der Waals surface area contributed by atoms with Gasteiger partial charge in [-0.25, -0.2) is 0 Å². The Balaban J connectivity index is 2.49. The van der Waals surface area contributed by atoms with Gasteiger partial charge >= 0.3 is 0 Å². The maximum absolute atomic E-state index is 13.5. The molecule has 0 bridgehead atoms. The minimum absolute atomic E-state index is 0.0791. The average molecular weight is 444 g/mol. The first-order valence-corrected chi connectivity index (χ1v) is 8.24. The molecular weight excluding hydrogens is 424 g/mol. The van der Waals surface area contributed by atoms with Crippen molar-refractivity contribution in [1.82, 2.24) is 0 Å². The Labute approximate surface area is 159 Å². The van der Waals surface area contributed by atoms with Crippen LogP contribution in [0.2, 0.25) is 0 Å². The van der Waals surface area contributed by atoms with Crippen LogP contribution >= 0.6 is 31.9 Å². The molecule has 1 heterocycles. The van der Waals surface area contributed by atoms with Gasteiger partial charge < -0.3 is 9.52 Å². The number of carbonyl (C=O) groups excluding carboxylic acids is 1. The highest BCUT2D eigenvalue weighted by Gasteiger charge is 2.24. The minimum atomic E-state index is -0.797. The average Bonchev–Trinajstić information content (AvgIpc) is 3.08. The van der Waals surface area contributed by atoms with Crippen LogP contribution in [0.4, 0.5) is 0 Å². The van der Waals surface area contributed by atoms with Crippen molar-refractivity contribution < 1.29 is 22.5 Å². The van der Waals surface area contributed by atoms with E-state index in [2.05, 4.69) is 31.9 Å². The summed E-state index contributed by atoms with van der Waals surface area (Å²) in [6, 6.07) is -2.67. The fourth-order valence-electron chi connectivity index (χ4n) is 2.17. The number of benzene rings is 2. The van der Waals surface area contributed by atoms with Gasteiger partial charge in [-0.05, 0) is 50.0 Å². The molecule has 0 radical (unpaired) electrons. The first kappa shape index (κ1) is 10.3. The van der Waals surface area contributed by atoms with Gasteiger partial charge in [-0.1, -0.05) is 32.0 Å². The maximum Gasteiger partial charge on any atom is 0.197 e. The van der Waals surface area contributed by atoms with Crippen molar-refractivity contribution in [2.24, 2.45) is 0 Å². The lowest BCUT2D eigenvalue weighted by molar-refractivity contribution is 0.103. The van der Waals surface area contributed by atoms with Crippen LogP contribution in [-0.2, 0) is 0 Å². The van der Waals surface area contributed by atoms with Gasteiger partial charge in [0.2, 0.25) is 0 Å². The van der Waals surface area contributed by atoms with Gasteiger partial charge in [-0.15, -0.1) is 0 Å². The van der Waals surface area contributed by atoms with Gasteiger partial charge in [-0.2, -0.15) is 0 Å². The van der Waals surface area contributed by atoms with Crippen LogP contribution in [0.15, 0.2) is 49.6 Å². The van der Waals surface area contributed by atoms with E-state index in [4.69, 9.17) is 12.6 Å². The van der Waals surface area contributed by atoms with Crippen LogP contribution in [0.25, 0.3) is 11.0 Å². The largest absolute Gasteiger partial charge is 0.506 e. The summed E-state index contributed by atoms with van der Waals surface area (Å²) in [4.78, 5) is 13.5. The van der Waals surface area contributed by atoms with Crippen LogP contribution in [0.5, 0.6) is 5.75 Å². The zero-order valence-corrected chi connectivity index (χ0v) is 15.3. The minimum Gasteiger partial charge on any atom is -0.506 e. The number of para-hydroxylation sites is 1. The maximum atomic E-state index is 13.5. The van der Waals surface area contributed by atoms with Gasteiger partial charge in [0.15, 0.2) is 5.78 Å². The van der Waals surface area contributed by atoms with Crippen molar-refractivity contribution in [3.63, 3.8) is 0 Å². The summed E-state index contributed by atoms with van der Waals surface area (Å²) in [5, 5.41) is 9.91. The molecule has 2 aromatic carbocycles. The lowest BCUT2D eigenvalue weighted by Crippen LogP contribution is -2.05. The summed E-state index contributed by atoms with van der Waals surface area (Å²) in [6.07, 6.45) is 0. The standard InChI is InChI=1S/C18H14Br2O3/c1-9(2)18-15(11-5-3-4-6-14(11)23-18)16(21)10-7-12(19)17(22)13(20)8-10/h3-9,22H,1-2H3/i3D,4D,5D,6D,7D,8D. The van der Waals surface area contributed by atoms with E-state index < -0.39 is 42.0 Å². The summed E-state index contributed by atoms with van der Waals surface area (Å²) in [5.41, 5.74) is -0.606. The van der Waals surface area contributed by atoms with Crippen LogP contribution in [-0.4, -0.2) is 10.9 Å². The number of ketones is 1. The number of phenols is 1. The van der Waals surface area contributed by atoms with Crippen molar-refractivity contribution in [1.29, 1.82) is 0 Å². The van der Waals surface area contributed by atoms with Gasteiger partial charge in [0.1, 0.15) is 17.1 Å². The molecule has 0 aliphatic rings. The van der Waals surface area contributed by atoms with Crippen molar-refractivity contribution >= 4 is 48.6 Å². The number of hydrogen-bond acceptors (Lipinski definition) is 3. The van der Waals surface area contributed by atoms with Crippen LogP contribution in [0.1, 0.15) is 49.7 Å². The van der Waals surface area contributed by atoms with E-state index >= 15 is 0 Å². The van der Waals surface area contributed by atoms with Gasteiger partial charge in [-0.3, -0.25) is 4.79 Å². The molecular formula is C18H14Br2O3. The Morgan fingerprint density at radius 1 is 1.22 bits per heavy atom. The molecule has 3 rings (SSSR count). The number of fused-ring (bicyclic) bond motifs is 1. The lowest BCUT2D eigenvalue weighted by atomic mass is 9.96. The zero-order valence-electron chi connectivity index (χ0n) is 18.1. The fraction of sp³-hybridized carbons (Fsp3) is 0.167. The van der Waals surface area contributed by atoms with E-state index in [1.807, 2.05) is 0 Å². The molecule has 3 aromatic rings. The van der Waals surface area contributed by atoms with Crippen molar-refractivity contribution in [3.8, 4) is 5.75 Å². The molecule has 0 unspecified atom stereocenters. The van der Waals surface area contributed by atoms with Crippen LogP contribution < -0.4 is 0 Å². The highest BCUT2D eigenvalue weighted by atomic mass is 79.9. The van der Waals surface area contributed by atoms with Gasteiger partial charge in [0.05, 0.1) is 22.7 Å². The summed E-state index contributed by atoms with van der Waals surface area (Å²) in [5.74, 6) is -1.40. The molecule has 5 heteroatoms. The fourth-order valence-corrected chi connectivity index (χ4v) is 3.23. The number of halogens is 2. The normalized spacial score (nSPS) is 15.0. The van der Waals surface area contributed by atoms with Crippen molar-refractivity contribution in [2.45, 2.75) is 19.8 Å². The Hall–Kier alpha value is -1.59. The molecule has 0 amide bonds. The van der Waals surface area contributed by atoms with Crippen LogP contribution in [0.3, 0.4) is 0 Å². The smallest absolute Gasteiger partial charge is 0.197 e. The van der Waals surface area contributed by atoms with E-state index in [1.54, 1.807) is 13.8 Å². The number of hydrogen-bond donors (Lipinski definition) is 1. The second-order valence-corrected chi connectivity index (χ2v) is 6.72. The Kier molecular flexibility index (Phi) is 2.75. The lowest BCUT2D eigenvalue weighted by Gasteiger charge is -2.08. The number of furan rings is 1. The number of aromatic hydroxyl groups is 1. The molecule has 0 spiro atoms. The summed E-state index contributed by atoms with van der Waals surface area (Å²) in [6.45, 7) is 3.47. The first-order valence-electron chi connectivity index (χ1n) is 9.66. The predicted molar refractivity (Wildman–Crippen MR) is 97.2 cm³/mol. The summed E-state index contributed by atoms with van der Waals surface area (Å²) in [7, 11) is 0. The molecule has 118 valence electrons. The molecule has 0 aliphatic heterocycles. The molecule has 1 N–H and O–H groups in total. The first-order chi connectivity index (χ1) is 13.4. The van der Waals surface area contributed by atoms with Crippen molar-refractivity contribution in [2.75, 3.05) is 0 Å². The topological polar surface area (TPSA) is 50.4 Å². The molecule has 0 aliphatic carbocycles. The summed E-state index contributed by atoms with van der Waals surface area (Å²) < 4.78 is 54.1. The summed E-state index contributed by atoms with van der Waals surface area (Å²) >= 11 is 6.09. The van der Waals surface area contributed by atoms with E-state index in [0.29, 0.717) is 0 Å². The highest BCUT2D eigenvalue weighted by molar-refractivity contribution is 9.11. The Morgan fingerprint density at radius 3 is 2.43 bits per heavy atom. The third-order valence-electron chi connectivity index (χ3n) is 3.23. The Bertz CT molecular complexity index is 1170. The number of phenolic OH excluding ortho intramolecular Hbond substituents is 1. The quantitative estimate of drug-likeness (QED) is 0.503. The SMILES string of the molecule is [2H]c1c(Br)c(O)c(Br)c([2H])c1C(=O)c1c(C(C)C)oc2c([2H])c([2H])c([2H])c([2H])c12. The van der Waals surface area contributed by atoms with Gasteiger partial charge in [0.25, 0.3) is 0 Å². The molecule has 3 nitrogen and oxygen atoms in total. The van der Waals surface area contributed by atoms with E-state index in [0.717, 1.165) is 0 Å². The number of carbonyl (C=O) groups is 1. The molecule has 0 saturated carbocycles. The third-order valence-corrected chi connectivity index (χ3v) is 4.37. The number of rotatable bonds is 3. The highest BCUT2D eigenvalue weighted by Crippen LogP contribution is 2.37. The molecule has 1 aromatic heterocycles. The molecule has 0 atom stereocenters. The van der Waals surface area contributed by atoms with E-state index in [9.17, 15) is 9.90 Å². The molecule has 23 heavy (non-hydrogen) atoms. The molecule has 0 saturated heterocycles.